The predicted octanol–water partition coefficient (Wildman–Crippen LogP) is 4.24. The van der Waals surface area contributed by atoms with Crippen molar-refractivity contribution in [3.05, 3.63) is 124 Å². The van der Waals surface area contributed by atoms with Crippen molar-refractivity contribution in [2.24, 2.45) is 0 Å². The second-order valence-electron chi connectivity index (χ2n) is 9.23. The molecule has 0 aliphatic heterocycles. The highest BCUT2D eigenvalue weighted by Crippen LogP contribution is 2.39. The van der Waals surface area contributed by atoms with E-state index >= 15 is 0 Å². The van der Waals surface area contributed by atoms with E-state index in [1.165, 1.54) is 18.2 Å². The number of carboxylic acid groups (broad SMARTS) is 1. The summed E-state index contributed by atoms with van der Waals surface area (Å²) in [6, 6.07) is 23.1. The topological polar surface area (TPSA) is 130 Å². The fourth-order valence-electron chi connectivity index (χ4n) is 4.62. The number of benzene rings is 4. The van der Waals surface area contributed by atoms with Gasteiger partial charge in [-0.25, -0.2) is 17.9 Å². The minimum atomic E-state index is -3.78. The molecule has 1 amide bonds. The van der Waals surface area contributed by atoms with Crippen LogP contribution in [-0.2, 0) is 21.4 Å². The molecule has 8 nitrogen and oxygen atoms in total. The Bertz CT molecular complexity index is 1730. The Balaban J connectivity index is 1.38. The highest BCUT2D eigenvalue weighted by atomic mass is 32.2. The average molecular weight is 541 g/mol. The van der Waals surface area contributed by atoms with Crippen molar-refractivity contribution in [2.75, 3.05) is 0 Å². The lowest BCUT2D eigenvalue weighted by Gasteiger charge is -2.17. The molecule has 0 saturated heterocycles. The van der Waals surface area contributed by atoms with E-state index in [-0.39, 0.29) is 28.4 Å². The maximum absolute atomic E-state index is 13.4. The second kappa shape index (κ2) is 10.3. The summed E-state index contributed by atoms with van der Waals surface area (Å²) < 4.78 is 27.8. The van der Waals surface area contributed by atoms with Gasteiger partial charge in [-0.15, -0.1) is 0 Å². The molecule has 3 N–H and O–H groups in total. The van der Waals surface area contributed by atoms with Crippen molar-refractivity contribution in [3.63, 3.8) is 0 Å². The summed E-state index contributed by atoms with van der Waals surface area (Å²) in [5.74, 6) is -2.12. The van der Waals surface area contributed by atoms with Gasteiger partial charge in [-0.2, -0.15) is 0 Å². The second-order valence-corrected chi connectivity index (χ2v) is 11.0. The molecule has 1 aliphatic rings. The maximum Gasteiger partial charge on any atom is 0.330 e. The van der Waals surface area contributed by atoms with Gasteiger partial charge in [0.2, 0.25) is 10.0 Å². The molecule has 1 atom stereocenters. The summed E-state index contributed by atoms with van der Waals surface area (Å²) in [4.78, 5) is 38.5. The predicted molar refractivity (Wildman–Crippen MR) is 145 cm³/mol. The molecule has 0 saturated carbocycles. The van der Waals surface area contributed by atoms with Gasteiger partial charge in [0.25, 0.3) is 5.91 Å². The molecule has 4 aromatic carbocycles. The van der Waals surface area contributed by atoms with Crippen LogP contribution in [0.2, 0.25) is 0 Å². The lowest BCUT2D eigenvalue weighted by molar-refractivity contribution is -0.139. The molecule has 1 aliphatic carbocycles. The van der Waals surface area contributed by atoms with E-state index in [0.29, 0.717) is 27.8 Å². The molecular weight excluding hydrogens is 516 g/mol. The van der Waals surface area contributed by atoms with Gasteiger partial charge in [-0.3, -0.25) is 9.59 Å². The van der Waals surface area contributed by atoms with E-state index in [1.54, 1.807) is 72.8 Å². The fourth-order valence-corrected chi connectivity index (χ4v) is 5.64. The molecule has 0 heterocycles. The number of fused-ring (bicyclic) bond motifs is 3. The Morgan fingerprint density at radius 1 is 0.846 bits per heavy atom. The van der Waals surface area contributed by atoms with Crippen molar-refractivity contribution in [1.29, 1.82) is 0 Å². The Kier molecular flexibility index (Phi) is 6.86. The first kappa shape index (κ1) is 26.0. The minimum Gasteiger partial charge on any atom is -0.479 e. The van der Waals surface area contributed by atoms with E-state index in [4.69, 9.17) is 0 Å². The molecule has 0 aromatic heterocycles. The third-order valence-corrected chi connectivity index (χ3v) is 8.02. The fraction of sp³-hybridized carbons (Fsp3) is 0.100. The molecule has 9 heteroatoms. The molecule has 1 unspecified atom stereocenters. The van der Waals surface area contributed by atoms with Crippen LogP contribution >= 0.6 is 0 Å². The zero-order valence-electron chi connectivity index (χ0n) is 20.8. The SMILES string of the molecule is Cc1ccc(S(=O)(=O)NCc2cccc(C(NC(=O)c3cccc4c3-c3ccccc3C4=O)C(=O)O)c2)cc1. The highest BCUT2D eigenvalue weighted by molar-refractivity contribution is 7.89. The zero-order valence-corrected chi connectivity index (χ0v) is 21.7. The van der Waals surface area contributed by atoms with Gasteiger partial charge in [0.1, 0.15) is 0 Å². The molecular formula is C30H24N2O6S. The first-order valence-electron chi connectivity index (χ1n) is 12.1. The van der Waals surface area contributed by atoms with Gasteiger partial charge in [-0.05, 0) is 41.8 Å². The lowest BCUT2D eigenvalue weighted by atomic mass is 9.98. The standard InChI is InChI=1S/C30H24N2O6S/c1-18-12-14-21(15-13-18)39(37,38)31-17-19-6-4-7-20(16-19)27(30(35)36)32-29(34)25-11-5-10-24-26(25)22-8-2-3-9-23(22)28(24)33/h2-16,27,31H,17H2,1H3,(H,32,34)(H,35,36). The van der Waals surface area contributed by atoms with Gasteiger partial charge in [-0.1, -0.05) is 78.4 Å². The normalized spacial score (nSPS) is 12.9. The van der Waals surface area contributed by atoms with Crippen LogP contribution in [-0.4, -0.2) is 31.2 Å². The number of carbonyl (C=O) groups excluding carboxylic acids is 2. The van der Waals surface area contributed by atoms with Crippen molar-refractivity contribution in [2.45, 2.75) is 24.4 Å². The number of carbonyl (C=O) groups is 3. The molecule has 0 bridgehead atoms. The van der Waals surface area contributed by atoms with E-state index in [2.05, 4.69) is 10.0 Å². The van der Waals surface area contributed by atoms with Crippen LogP contribution < -0.4 is 10.0 Å². The first-order valence-corrected chi connectivity index (χ1v) is 13.6. The van der Waals surface area contributed by atoms with Crippen LogP contribution in [0.5, 0.6) is 0 Å². The van der Waals surface area contributed by atoms with Gasteiger partial charge in [0.05, 0.1) is 4.90 Å². The molecule has 196 valence electrons. The quantitative estimate of drug-likeness (QED) is 0.270. The van der Waals surface area contributed by atoms with Gasteiger partial charge in [0, 0.05) is 28.8 Å². The monoisotopic (exact) mass is 540 g/mol. The van der Waals surface area contributed by atoms with Crippen LogP contribution in [0, 0.1) is 6.92 Å². The molecule has 4 aromatic rings. The Morgan fingerprint density at radius 2 is 1.51 bits per heavy atom. The van der Waals surface area contributed by atoms with Crippen molar-refractivity contribution >= 4 is 27.7 Å². The zero-order chi connectivity index (χ0) is 27.7. The summed E-state index contributed by atoms with van der Waals surface area (Å²) in [5, 5.41) is 12.5. The number of ketones is 1. The van der Waals surface area contributed by atoms with E-state index < -0.39 is 27.9 Å². The number of amides is 1. The molecule has 5 rings (SSSR count). The summed E-state index contributed by atoms with van der Waals surface area (Å²) >= 11 is 0. The van der Waals surface area contributed by atoms with Crippen LogP contribution in [0.25, 0.3) is 11.1 Å². The van der Waals surface area contributed by atoms with Crippen LogP contribution in [0.15, 0.2) is 95.9 Å². The largest absolute Gasteiger partial charge is 0.479 e. The van der Waals surface area contributed by atoms with Crippen LogP contribution in [0.4, 0.5) is 0 Å². The molecule has 0 radical (unpaired) electrons. The van der Waals surface area contributed by atoms with E-state index in [1.807, 2.05) is 6.92 Å². The van der Waals surface area contributed by atoms with Crippen LogP contribution in [0.1, 0.15) is 49.0 Å². The van der Waals surface area contributed by atoms with Gasteiger partial charge in [0.15, 0.2) is 11.8 Å². The number of nitrogens with one attached hydrogen (secondary N) is 2. The van der Waals surface area contributed by atoms with E-state index in [0.717, 1.165) is 5.56 Å². The molecule has 0 spiro atoms. The Hall–Kier alpha value is -4.60. The maximum atomic E-state index is 13.4. The van der Waals surface area contributed by atoms with Crippen molar-refractivity contribution < 1.29 is 27.9 Å². The van der Waals surface area contributed by atoms with E-state index in [9.17, 15) is 27.9 Å². The smallest absolute Gasteiger partial charge is 0.330 e. The Morgan fingerprint density at radius 3 is 2.23 bits per heavy atom. The number of hydrogen-bond donors (Lipinski definition) is 3. The van der Waals surface area contributed by atoms with Gasteiger partial charge < -0.3 is 10.4 Å². The summed E-state index contributed by atoms with van der Waals surface area (Å²) in [6.45, 7) is 1.78. The van der Waals surface area contributed by atoms with Gasteiger partial charge >= 0.3 is 5.97 Å². The number of rotatable bonds is 8. The number of carboxylic acids is 1. The number of aryl methyl sites for hydroxylation is 1. The highest BCUT2D eigenvalue weighted by Gasteiger charge is 2.31. The summed E-state index contributed by atoms with van der Waals surface area (Å²) in [6.07, 6.45) is 0. The first-order chi connectivity index (χ1) is 18.7. The van der Waals surface area contributed by atoms with Crippen molar-refractivity contribution in [3.8, 4) is 11.1 Å². The van der Waals surface area contributed by atoms with Crippen molar-refractivity contribution in [1.82, 2.24) is 10.0 Å². The number of aliphatic carboxylic acids is 1. The number of sulfonamides is 1. The summed E-state index contributed by atoms with van der Waals surface area (Å²) in [7, 11) is -3.78. The molecule has 0 fully saturated rings. The summed E-state index contributed by atoms with van der Waals surface area (Å²) in [5.41, 5.74) is 3.88. The lowest BCUT2D eigenvalue weighted by Crippen LogP contribution is -2.34. The average Bonchev–Trinajstić information content (AvgIpc) is 3.23. The third kappa shape index (κ3) is 5.09. The number of hydrogen-bond acceptors (Lipinski definition) is 5. The molecule has 39 heavy (non-hydrogen) atoms. The third-order valence-electron chi connectivity index (χ3n) is 6.60. The Labute approximate surface area is 225 Å². The van der Waals surface area contributed by atoms with Crippen LogP contribution in [0.3, 0.4) is 0 Å². The minimum absolute atomic E-state index is 0.0740.